The summed E-state index contributed by atoms with van der Waals surface area (Å²) in [6, 6.07) is 2.08. The summed E-state index contributed by atoms with van der Waals surface area (Å²) < 4.78 is 0. The third kappa shape index (κ3) is 7.97. The number of hydrogen-bond acceptors (Lipinski definition) is 7. The van der Waals surface area contributed by atoms with Crippen LogP contribution < -0.4 is 16.0 Å². The summed E-state index contributed by atoms with van der Waals surface area (Å²) in [6.45, 7) is 4.83. The van der Waals surface area contributed by atoms with Crippen molar-refractivity contribution >= 4 is 46.3 Å². The van der Waals surface area contributed by atoms with Crippen molar-refractivity contribution in [3.05, 3.63) is 54.2 Å². The molecule has 0 spiro atoms. The van der Waals surface area contributed by atoms with E-state index in [0.29, 0.717) is 70.3 Å². The second kappa shape index (κ2) is 16.7. The van der Waals surface area contributed by atoms with E-state index in [2.05, 4.69) is 30.9 Å². The van der Waals surface area contributed by atoms with Gasteiger partial charge < -0.3 is 40.6 Å². The van der Waals surface area contributed by atoms with Gasteiger partial charge in [-0.15, -0.1) is 0 Å². The number of rotatable bonds is 6. The molecule has 7 atom stereocenters. The summed E-state index contributed by atoms with van der Waals surface area (Å²) >= 11 is 0. The summed E-state index contributed by atoms with van der Waals surface area (Å²) in [5.74, 6) is -2.78. The second-order valence-corrected chi connectivity index (χ2v) is 15.6. The highest BCUT2D eigenvalue weighted by Gasteiger charge is 2.45. The Morgan fingerprint density at radius 1 is 0.691 bits per heavy atom. The number of carbonyl (C=O) groups excluding carboxylic acids is 6. The maximum absolute atomic E-state index is 14.6. The van der Waals surface area contributed by atoms with E-state index in [9.17, 15) is 28.8 Å². The molecule has 4 fully saturated rings. The van der Waals surface area contributed by atoms with E-state index in [0.717, 1.165) is 29.3 Å². The molecule has 5 N–H and O–H groups in total. The van der Waals surface area contributed by atoms with Crippen molar-refractivity contribution in [3.63, 3.8) is 0 Å². The lowest BCUT2D eigenvalue weighted by Crippen LogP contribution is -2.64. The van der Waals surface area contributed by atoms with Gasteiger partial charge in [0.25, 0.3) is 0 Å². The summed E-state index contributed by atoms with van der Waals surface area (Å²) in [7, 11) is 0. The van der Waals surface area contributed by atoms with Crippen molar-refractivity contribution in [1.29, 1.82) is 0 Å². The van der Waals surface area contributed by atoms with Crippen molar-refractivity contribution in [2.24, 2.45) is 5.92 Å². The van der Waals surface area contributed by atoms with E-state index in [1.807, 2.05) is 44.3 Å². The van der Waals surface area contributed by atoms with Crippen LogP contribution in [0.1, 0.15) is 82.9 Å². The summed E-state index contributed by atoms with van der Waals surface area (Å²) in [5, 5.41) is 9.89. The number of piperidine rings is 2. The zero-order valence-electron chi connectivity index (χ0n) is 31.7. The van der Waals surface area contributed by atoms with Crippen molar-refractivity contribution in [3.8, 4) is 0 Å². The molecule has 0 aliphatic carbocycles. The largest absolute Gasteiger partial charge is 0.361 e. The minimum atomic E-state index is -1.09. The van der Waals surface area contributed by atoms with Gasteiger partial charge in [-0.05, 0) is 68.9 Å². The molecular weight excluding hydrogens is 702 g/mol. The number of para-hydroxylation sites is 1. The Kier molecular flexibility index (Phi) is 11.5. The number of carbonyl (C=O) groups is 6. The monoisotopic (exact) mass is 755 g/mol. The topological polar surface area (TPSA) is 193 Å². The van der Waals surface area contributed by atoms with Crippen LogP contribution in [0.2, 0.25) is 0 Å². The standard InChI is InChI=1S/C40H53N9O6/c1-3-24(2)34-40(55)49-17-9-7-14-33(49)39(54)48-16-8-6-13-31(48)37(52)45-30(20-26-22-41-23-43-26)38(53)47-18-10-15-32(47)36(51)44-29(35(50)46-34)19-25-21-42-28-12-5-4-11-27(25)28/h4-5,11-12,21-24,29-34,42H,3,6-10,13-20H2,1-2H3,(H,41,43)(H,44,51)(H,45,52)(H,46,50)/t24-,29+,30+,31-,32-,33+,34-/m0/s1. The van der Waals surface area contributed by atoms with Gasteiger partial charge in [0, 0.05) is 61.5 Å². The first-order valence-corrected chi connectivity index (χ1v) is 20.0. The van der Waals surface area contributed by atoms with Crippen LogP contribution in [0.3, 0.4) is 0 Å². The molecule has 2 aromatic heterocycles. The number of benzene rings is 1. The first kappa shape index (κ1) is 38.1. The van der Waals surface area contributed by atoms with Crippen molar-refractivity contribution in [1.82, 2.24) is 45.6 Å². The fraction of sp³-hybridized carbons (Fsp3) is 0.575. The fourth-order valence-corrected chi connectivity index (χ4v) is 8.81. The van der Waals surface area contributed by atoms with Crippen LogP contribution in [0.25, 0.3) is 10.9 Å². The van der Waals surface area contributed by atoms with Gasteiger partial charge in [0.1, 0.15) is 36.3 Å². The first-order chi connectivity index (χ1) is 26.6. The van der Waals surface area contributed by atoms with Gasteiger partial charge in [-0.1, -0.05) is 38.5 Å². The number of H-pyrrole nitrogens is 2. The SMILES string of the molecule is CC[C@H](C)[C@@H]1NC(=O)[C@@H](Cc2c[nH]c3ccccc23)NC(=O)[C@@H]2CCCN2C(=O)[C@@H](Cc2cnc[nH]2)NC(=O)[C@@H]2CCCCN2C(=O)[C@H]2CCCCN2C1=O. The van der Waals surface area contributed by atoms with E-state index >= 15 is 0 Å². The van der Waals surface area contributed by atoms with Gasteiger partial charge >= 0.3 is 0 Å². The minimum Gasteiger partial charge on any atom is -0.361 e. The summed E-state index contributed by atoms with van der Waals surface area (Å²) in [6.07, 6.45) is 10.4. The van der Waals surface area contributed by atoms with E-state index < -0.39 is 59.9 Å². The number of imidazole rings is 1. The van der Waals surface area contributed by atoms with Crippen LogP contribution >= 0.6 is 0 Å². The number of hydrogen-bond donors (Lipinski definition) is 5. The molecule has 55 heavy (non-hydrogen) atoms. The van der Waals surface area contributed by atoms with E-state index in [-0.39, 0.29) is 30.6 Å². The lowest BCUT2D eigenvalue weighted by Gasteiger charge is -2.43. The number of amides is 6. The molecule has 4 saturated heterocycles. The molecule has 4 aliphatic heterocycles. The normalized spacial score (nSPS) is 28.1. The molecular formula is C40H53N9O6. The zero-order valence-corrected chi connectivity index (χ0v) is 31.7. The third-order valence-corrected chi connectivity index (χ3v) is 12.1. The number of aromatic amines is 2. The highest BCUT2D eigenvalue weighted by molar-refractivity contribution is 5.99. The third-order valence-electron chi connectivity index (χ3n) is 12.1. The Labute approximate surface area is 320 Å². The Morgan fingerprint density at radius 3 is 2.04 bits per heavy atom. The molecule has 0 unspecified atom stereocenters. The Balaban J connectivity index is 1.28. The number of nitrogens with one attached hydrogen (secondary N) is 5. The molecule has 0 radical (unpaired) electrons. The van der Waals surface area contributed by atoms with Crippen molar-refractivity contribution in [2.75, 3.05) is 19.6 Å². The average Bonchev–Trinajstić information content (AvgIpc) is 4.00. The second-order valence-electron chi connectivity index (χ2n) is 15.6. The smallest absolute Gasteiger partial charge is 0.246 e. The van der Waals surface area contributed by atoms with Gasteiger partial charge in [0.2, 0.25) is 35.4 Å². The molecule has 294 valence electrons. The van der Waals surface area contributed by atoms with Crippen LogP contribution in [-0.2, 0) is 41.6 Å². The predicted molar refractivity (Wildman–Crippen MR) is 203 cm³/mol. The maximum atomic E-state index is 14.6. The van der Waals surface area contributed by atoms with E-state index in [4.69, 9.17) is 0 Å². The molecule has 0 bridgehead atoms. The van der Waals surface area contributed by atoms with Gasteiger partial charge in [0.05, 0.1) is 6.33 Å². The zero-order chi connectivity index (χ0) is 38.6. The first-order valence-electron chi connectivity index (χ1n) is 20.0. The molecule has 6 amide bonds. The highest BCUT2D eigenvalue weighted by Crippen LogP contribution is 2.28. The predicted octanol–water partition coefficient (Wildman–Crippen LogP) is 1.94. The Morgan fingerprint density at radius 2 is 1.33 bits per heavy atom. The van der Waals surface area contributed by atoms with Crippen LogP contribution in [-0.4, -0.2) is 121 Å². The number of fused-ring (bicyclic) bond motifs is 4. The van der Waals surface area contributed by atoms with Gasteiger partial charge in [0.15, 0.2) is 0 Å². The Bertz CT molecular complexity index is 1890. The van der Waals surface area contributed by atoms with Crippen LogP contribution in [0.4, 0.5) is 0 Å². The molecule has 4 aliphatic rings. The Hall–Kier alpha value is -5.21. The lowest BCUT2D eigenvalue weighted by molar-refractivity contribution is -0.155. The minimum absolute atomic E-state index is 0.101. The number of nitrogens with zero attached hydrogens (tertiary/aromatic N) is 4. The average molecular weight is 756 g/mol. The quantitative estimate of drug-likeness (QED) is 0.254. The molecule has 1 aromatic carbocycles. The molecule has 0 saturated carbocycles. The van der Waals surface area contributed by atoms with Crippen LogP contribution in [0.5, 0.6) is 0 Å². The molecule has 3 aromatic rings. The lowest BCUT2D eigenvalue weighted by atomic mass is 9.92. The molecule has 6 heterocycles. The van der Waals surface area contributed by atoms with Crippen molar-refractivity contribution in [2.45, 2.75) is 121 Å². The van der Waals surface area contributed by atoms with Crippen LogP contribution in [0, 0.1) is 5.92 Å². The maximum Gasteiger partial charge on any atom is 0.246 e. The molecule has 15 heteroatoms. The van der Waals surface area contributed by atoms with Crippen molar-refractivity contribution < 1.29 is 28.8 Å². The van der Waals surface area contributed by atoms with Gasteiger partial charge in [-0.2, -0.15) is 0 Å². The van der Waals surface area contributed by atoms with Gasteiger partial charge in [-0.25, -0.2) is 4.98 Å². The molecule has 15 nitrogen and oxygen atoms in total. The summed E-state index contributed by atoms with van der Waals surface area (Å²) in [5.41, 5.74) is 2.32. The highest BCUT2D eigenvalue weighted by atomic mass is 16.2. The number of aromatic nitrogens is 3. The fourth-order valence-electron chi connectivity index (χ4n) is 8.81. The summed E-state index contributed by atoms with van der Waals surface area (Å²) in [4.78, 5) is 102. The van der Waals surface area contributed by atoms with Gasteiger partial charge in [-0.3, -0.25) is 28.8 Å². The molecule has 7 rings (SSSR count). The van der Waals surface area contributed by atoms with Crippen LogP contribution in [0.15, 0.2) is 43.0 Å². The van der Waals surface area contributed by atoms with E-state index in [1.165, 1.54) is 11.2 Å². The van der Waals surface area contributed by atoms with E-state index in [1.54, 1.807) is 16.0 Å².